The van der Waals surface area contributed by atoms with Crippen molar-refractivity contribution < 1.29 is 0 Å². The van der Waals surface area contributed by atoms with E-state index >= 15 is 0 Å². The maximum absolute atomic E-state index is 2.35. The minimum Gasteiger partial charge on any atom is -0.0818 e. The maximum Gasteiger partial charge on any atom is 0.0181 e. The first-order chi connectivity index (χ1) is 5.34. The molecule has 0 aliphatic carbocycles. The minimum absolute atomic E-state index is 1.08. The highest BCUT2D eigenvalue weighted by atomic mass is 127. The third-order valence-electron chi connectivity index (χ3n) is 1.61. The Morgan fingerprint density at radius 3 is 2.55 bits per heavy atom. The van der Waals surface area contributed by atoms with Gasteiger partial charge in [-0.05, 0) is 18.1 Å². The van der Waals surface area contributed by atoms with Crippen LogP contribution in [0.15, 0.2) is 36.4 Å². The van der Waals surface area contributed by atoms with Crippen LogP contribution in [0.1, 0.15) is 12.5 Å². The Morgan fingerprint density at radius 2 is 2.00 bits per heavy atom. The fraction of sp³-hybridized carbons (Fsp3) is 0.200. The Kier molecular flexibility index (Phi) is 3.63. The molecule has 0 bridgehead atoms. The van der Waals surface area contributed by atoms with Gasteiger partial charge < -0.3 is 0 Å². The van der Waals surface area contributed by atoms with E-state index in [9.17, 15) is 0 Å². The average molecular weight is 258 g/mol. The van der Waals surface area contributed by atoms with Gasteiger partial charge >= 0.3 is 0 Å². The molecule has 11 heavy (non-hydrogen) atoms. The van der Waals surface area contributed by atoms with E-state index in [0.29, 0.717) is 0 Å². The summed E-state index contributed by atoms with van der Waals surface area (Å²) in [7, 11) is 0. The predicted molar refractivity (Wildman–Crippen MR) is 59.0 cm³/mol. The van der Waals surface area contributed by atoms with E-state index in [-0.39, 0.29) is 0 Å². The van der Waals surface area contributed by atoms with Crippen molar-refractivity contribution in [3.05, 3.63) is 42.0 Å². The van der Waals surface area contributed by atoms with Crippen LogP contribution in [0.3, 0.4) is 0 Å². The van der Waals surface area contributed by atoms with Gasteiger partial charge in [-0.1, -0.05) is 59.0 Å². The number of benzene rings is 1. The summed E-state index contributed by atoms with van der Waals surface area (Å²) >= 11 is 2.35. The van der Waals surface area contributed by atoms with E-state index in [4.69, 9.17) is 0 Å². The molecule has 0 nitrogen and oxygen atoms in total. The van der Waals surface area contributed by atoms with Gasteiger partial charge in [-0.2, -0.15) is 0 Å². The molecule has 0 unspecified atom stereocenters. The lowest BCUT2D eigenvalue weighted by Gasteiger charge is -1.98. The summed E-state index contributed by atoms with van der Waals surface area (Å²) < 4.78 is 1.08. The topological polar surface area (TPSA) is 0 Å². The van der Waals surface area contributed by atoms with Gasteiger partial charge in [-0.25, -0.2) is 0 Å². The highest BCUT2D eigenvalue weighted by Gasteiger charge is 1.90. The van der Waals surface area contributed by atoms with Crippen molar-refractivity contribution in [2.24, 2.45) is 0 Å². The van der Waals surface area contributed by atoms with Crippen molar-refractivity contribution >= 4 is 28.2 Å². The lowest BCUT2D eigenvalue weighted by Crippen LogP contribution is -1.77. The van der Waals surface area contributed by atoms with Crippen LogP contribution in [0, 0.1) is 0 Å². The molecule has 58 valence electrons. The Hall–Kier alpha value is -0.310. The maximum atomic E-state index is 2.35. The normalized spacial score (nSPS) is 11.6. The molecule has 0 amide bonds. The number of rotatable bonds is 2. The van der Waals surface area contributed by atoms with E-state index in [1.165, 1.54) is 11.1 Å². The lowest BCUT2D eigenvalue weighted by atomic mass is 10.1. The van der Waals surface area contributed by atoms with Gasteiger partial charge in [-0.15, -0.1) is 0 Å². The quantitative estimate of drug-likeness (QED) is 0.562. The molecule has 0 N–H and O–H groups in total. The van der Waals surface area contributed by atoms with Gasteiger partial charge in [0.05, 0.1) is 0 Å². The highest BCUT2D eigenvalue weighted by Crippen LogP contribution is 2.12. The molecule has 0 saturated carbocycles. The molecular weight excluding hydrogens is 247 g/mol. The molecule has 1 aromatic carbocycles. The van der Waals surface area contributed by atoms with Crippen molar-refractivity contribution in [2.75, 3.05) is 4.43 Å². The van der Waals surface area contributed by atoms with Crippen LogP contribution in [0.2, 0.25) is 0 Å². The van der Waals surface area contributed by atoms with Crippen LogP contribution in [0.4, 0.5) is 0 Å². The second-order valence-corrected chi connectivity index (χ2v) is 3.29. The second kappa shape index (κ2) is 4.54. The third kappa shape index (κ3) is 2.66. The van der Waals surface area contributed by atoms with Crippen LogP contribution < -0.4 is 0 Å². The number of hydrogen-bond acceptors (Lipinski definition) is 0. The van der Waals surface area contributed by atoms with E-state index in [0.717, 1.165) is 4.43 Å². The zero-order valence-electron chi connectivity index (χ0n) is 6.55. The van der Waals surface area contributed by atoms with Gasteiger partial charge in [0.1, 0.15) is 0 Å². The van der Waals surface area contributed by atoms with Gasteiger partial charge in [0.15, 0.2) is 0 Å². The monoisotopic (exact) mass is 258 g/mol. The van der Waals surface area contributed by atoms with E-state index in [2.05, 4.69) is 59.9 Å². The molecule has 1 rings (SSSR count). The highest BCUT2D eigenvalue weighted by molar-refractivity contribution is 14.1. The van der Waals surface area contributed by atoms with Crippen molar-refractivity contribution in [3.8, 4) is 0 Å². The zero-order valence-corrected chi connectivity index (χ0v) is 8.71. The molecule has 0 saturated heterocycles. The van der Waals surface area contributed by atoms with Gasteiger partial charge in [0, 0.05) is 4.43 Å². The molecule has 0 aliphatic rings. The molecule has 0 spiro atoms. The van der Waals surface area contributed by atoms with E-state index < -0.39 is 0 Å². The summed E-state index contributed by atoms with van der Waals surface area (Å²) in [5.74, 6) is 0. The van der Waals surface area contributed by atoms with E-state index in [1.807, 2.05) is 6.07 Å². The molecule has 1 heteroatoms. The Balaban J connectivity index is 2.85. The molecule has 0 heterocycles. The summed E-state index contributed by atoms with van der Waals surface area (Å²) in [4.78, 5) is 0. The summed E-state index contributed by atoms with van der Waals surface area (Å²) in [5.41, 5.74) is 2.68. The van der Waals surface area contributed by atoms with Crippen LogP contribution >= 0.6 is 22.6 Å². The van der Waals surface area contributed by atoms with Crippen molar-refractivity contribution in [2.45, 2.75) is 6.92 Å². The van der Waals surface area contributed by atoms with Crippen molar-refractivity contribution in [3.63, 3.8) is 0 Å². The SMILES string of the molecule is C/C(=C\CI)c1ccccc1. The predicted octanol–water partition coefficient (Wildman–Crippen LogP) is 3.52. The average Bonchev–Trinajstić information content (AvgIpc) is 2.07. The molecule has 0 radical (unpaired) electrons. The van der Waals surface area contributed by atoms with E-state index in [1.54, 1.807) is 0 Å². The minimum atomic E-state index is 1.08. The number of alkyl halides is 1. The first kappa shape index (κ1) is 8.78. The number of allylic oxidation sites excluding steroid dienone is 2. The Bertz CT molecular complexity index is 236. The standard InChI is InChI=1S/C10H11I/c1-9(7-8-11)10-5-3-2-4-6-10/h2-7H,8H2,1H3/b9-7+. The molecule has 0 aliphatic heterocycles. The van der Waals surface area contributed by atoms with Crippen LogP contribution in [0.25, 0.3) is 5.57 Å². The van der Waals surface area contributed by atoms with Crippen LogP contribution in [-0.2, 0) is 0 Å². The van der Waals surface area contributed by atoms with Gasteiger partial charge in [0.25, 0.3) is 0 Å². The fourth-order valence-electron chi connectivity index (χ4n) is 0.935. The van der Waals surface area contributed by atoms with Gasteiger partial charge in [0.2, 0.25) is 0 Å². The fourth-order valence-corrected chi connectivity index (χ4v) is 1.60. The molecule has 0 atom stereocenters. The molecule has 1 aromatic rings. The Morgan fingerprint density at radius 1 is 1.36 bits per heavy atom. The molecule has 0 fully saturated rings. The lowest BCUT2D eigenvalue weighted by molar-refractivity contribution is 1.55. The van der Waals surface area contributed by atoms with Crippen molar-refractivity contribution in [1.82, 2.24) is 0 Å². The summed E-state index contributed by atoms with van der Waals surface area (Å²) in [6, 6.07) is 10.5. The first-order valence-electron chi connectivity index (χ1n) is 3.62. The number of hydrogen-bond donors (Lipinski definition) is 0. The molecular formula is C10H11I. The summed E-state index contributed by atoms with van der Waals surface area (Å²) in [6.45, 7) is 2.15. The number of halogens is 1. The summed E-state index contributed by atoms with van der Waals surface area (Å²) in [6.07, 6.45) is 2.23. The largest absolute Gasteiger partial charge is 0.0818 e. The molecule has 0 aromatic heterocycles. The second-order valence-electron chi connectivity index (χ2n) is 2.41. The van der Waals surface area contributed by atoms with Crippen LogP contribution in [0.5, 0.6) is 0 Å². The summed E-state index contributed by atoms with van der Waals surface area (Å²) in [5, 5.41) is 0. The smallest absolute Gasteiger partial charge is 0.0181 e. The Labute approximate surface area is 81.5 Å². The zero-order chi connectivity index (χ0) is 8.10. The van der Waals surface area contributed by atoms with Crippen LogP contribution in [-0.4, -0.2) is 4.43 Å². The first-order valence-corrected chi connectivity index (χ1v) is 5.15. The van der Waals surface area contributed by atoms with Crippen molar-refractivity contribution in [1.29, 1.82) is 0 Å². The van der Waals surface area contributed by atoms with Gasteiger partial charge in [-0.3, -0.25) is 0 Å². The third-order valence-corrected chi connectivity index (χ3v) is 2.05.